The SMILES string of the molecule is CC.CC(C)c1cn(C2CCNCC2)c2ncnc(N)c12.CC(C)c1cn(CCN2CCOCC2)c2ncnc(N)c12. The molecule has 2 fully saturated rings. The average Bonchev–Trinajstić information content (AvgIpc) is 3.60. The van der Waals surface area contributed by atoms with Crippen LogP contribution in [0, 0.1) is 0 Å². The molecular weight excluding hydrogens is 528 g/mol. The number of aromatic nitrogens is 6. The lowest BCUT2D eigenvalue weighted by molar-refractivity contribution is 0.0365. The molecule has 0 radical (unpaired) electrons. The van der Waals surface area contributed by atoms with Crippen molar-refractivity contribution in [3.63, 3.8) is 0 Å². The molecule has 230 valence electrons. The van der Waals surface area contributed by atoms with Crippen LogP contribution >= 0.6 is 0 Å². The Morgan fingerprint density at radius 2 is 1.36 bits per heavy atom. The van der Waals surface area contributed by atoms with E-state index in [0.717, 1.165) is 87.4 Å². The van der Waals surface area contributed by atoms with Crippen molar-refractivity contribution < 1.29 is 4.74 Å². The summed E-state index contributed by atoms with van der Waals surface area (Å²) in [4.78, 5) is 19.6. The number of nitrogen functional groups attached to an aromatic ring is 2. The number of morpholine rings is 1. The van der Waals surface area contributed by atoms with Crippen LogP contribution in [0.15, 0.2) is 25.0 Å². The first kappa shape index (κ1) is 31.7. The molecule has 11 nitrogen and oxygen atoms in total. The van der Waals surface area contributed by atoms with E-state index in [1.807, 2.05) is 13.8 Å². The number of piperidine rings is 1. The van der Waals surface area contributed by atoms with Crippen molar-refractivity contribution >= 4 is 33.7 Å². The number of fused-ring (bicyclic) bond motifs is 2. The molecule has 5 N–H and O–H groups in total. The molecule has 4 aromatic heterocycles. The maximum Gasteiger partial charge on any atom is 0.146 e. The summed E-state index contributed by atoms with van der Waals surface area (Å²) < 4.78 is 9.90. The van der Waals surface area contributed by atoms with Gasteiger partial charge in [0.1, 0.15) is 35.6 Å². The minimum Gasteiger partial charge on any atom is -0.383 e. The van der Waals surface area contributed by atoms with Crippen LogP contribution in [0.1, 0.15) is 83.4 Å². The molecule has 0 aliphatic carbocycles. The minimum absolute atomic E-state index is 0.408. The molecule has 11 heteroatoms. The number of anilines is 2. The van der Waals surface area contributed by atoms with Crippen LogP contribution in [0.2, 0.25) is 0 Å². The highest BCUT2D eigenvalue weighted by atomic mass is 16.5. The highest BCUT2D eigenvalue weighted by Crippen LogP contribution is 2.33. The lowest BCUT2D eigenvalue weighted by Crippen LogP contribution is -2.38. The lowest BCUT2D eigenvalue weighted by atomic mass is 10.0. The van der Waals surface area contributed by atoms with E-state index in [9.17, 15) is 0 Å². The van der Waals surface area contributed by atoms with Gasteiger partial charge in [0.25, 0.3) is 0 Å². The van der Waals surface area contributed by atoms with Gasteiger partial charge < -0.3 is 30.7 Å². The Morgan fingerprint density at radius 3 is 1.95 bits per heavy atom. The summed E-state index contributed by atoms with van der Waals surface area (Å²) in [6, 6.07) is 0.519. The second-order valence-corrected chi connectivity index (χ2v) is 11.4. The Labute approximate surface area is 250 Å². The van der Waals surface area contributed by atoms with Gasteiger partial charge in [-0.15, -0.1) is 0 Å². The molecule has 0 aromatic carbocycles. The normalized spacial score (nSPS) is 16.5. The van der Waals surface area contributed by atoms with Crippen LogP contribution in [0.4, 0.5) is 11.6 Å². The Balaban J connectivity index is 0.000000183. The number of nitrogens with one attached hydrogen (secondary N) is 1. The van der Waals surface area contributed by atoms with E-state index in [0.29, 0.717) is 29.5 Å². The van der Waals surface area contributed by atoms with Gasteiger partial charge in [-0.2, -0.15) is 0 Å². The zero-order valence-corrected chi connectivity index (χ0v) is 26.3. The zero-order valence-electron chi connectivity index (χ0n) is 26.3. The van der Waals surface area contributed by atoms with Crippen LogP contribution < -0.4 is 16.8 Å². The van der Waals surface area contributed by atoms with Gasteiger partial charge in [0.2, 0.25) is 0 Å². The Bertz CT molecular complexity index is 1410. The highest BCUT2D eigenvalue weighted by molar-refractivity contribution is 5.91. The van der Waals surface area contributed by atoms with Gasteiger partial charge >= 0.3 is 0 Å². The third kappa shape index (κ3) is 7.02. The van der Waals surface area contributed by atoms with Crippen LogP contribution in [-0.2, 0) is 11.3 Å². The van der Waals surface area contributed by atoms with Crippen molar-refractivity contribution in [1.29, 1.82) is 0 Å². The van der Waals surface area contributed by atoms with E-state index in [4.69, 9.17) is 16.2 Å². The number of rotatable bonds is 6. The van der Waals surface area contributed by atoms with E-state index in [2.05, 4.69) is 79.4 Å². The summed E-state index contributed by atoms with van der Waals surface area (Å²) in [5.74, 6) is 2.01. The summed E-state index contributed by atoms with van der Waals surface area (Å²) in [7, 11) is 0. The van der Waals surface area contributed by atoms with Gasteiger partial charge in [0, 0.05) is 44.6 Å². The van der Waals surface area contributed by atoms with Crippen molar-refractivity contribution in [3.8, 4) is 0 Å². The minimum atomic E-state index is 0.408. The number of ether oxygens (including phenoxy) is 1. The largest absolute Gasteiger partial charge is 0.383 e. The van der Waals surface area contributed by atoms with E-state index < -0.39 is 0 Å². The predicted molar refractivity (Wildman–Crippen MR) is 172 cm³/mol. The standard InChI is InChI=1S/C15H23N5O.C14H21N5.C2H6/c1-11(2)12-9-20(4-3-19-5-7-21-8-6-19)15-13(12)14(16)17-10-18-15;1-9(2)11-7-19(10-3-5-16-6-4-10)14-12(11)13(15)17-8-18-14;1-2/h9-11H,3-8H2,1-2H3,(H2,16,17,18);7-10,16H,3-6H2,1-2H3,(H2,15,17,18);1-2H3. The zero-order chi connectivity index (χ0) is 30.2. The van der Waals surface area contributed by atoms with Crippen molar-refractivity contribution in [2.45, 2.75) is 78.8 Å². The fourth-order valence-electron chi connectivity index (χ4n) is 5.80. The van der Waals surface area contributed by atoms with E-state index >= 15 is 0 Å². The Hall–Kier alpha value is -3.28. The summed E-state index contributed by atoms with van der Waals surface area (Å²) in [6.07, 6.45) is 9.82. The van der Waals surface area contributed by atoms with Crippen LogP contribution in [0.3, 0.4) is 0 Å². The van der Waals surface area contributed by atoms with Gasteiger partial charge in [-0.3, -0.25) is 4.90 Å². The van der Waals surface area contributed by atoms with Gasteiger partial charge in [0.05, 0.1) is 24.0 Å². The van der Waals surface area contributed by atoms with Crippen molar-refractivity contribution in [3.05, 3.63) is 36.2 Å². The Kier molecular flexibility index (Phi) is 11.1. The summed E-state index contributed by atoms with van der Waals surface area (Å²) in [6.45, 7) is 20.5. The summed E-state index contributed by atoms with van der Waals surface area (Å²) in [5.41, 5.74) is 16.5. The first-order valence-corrected chi connectivity index (χ1v) is 15.6. The fourth-order valence-corrected chi connectivity index (χ4v) is 5.80. The summed E-state index contributed by atoms with van der Waals surface area (Å²) in [5, 5.41) is 5.45. The topological polar surface area (TPSA) is 138 Å². The molecular formula is C31H50N10O. The van der Waals surface area contributed by atoms with Gasteiger partial charge in [-0.25, -0.2) is 19.9 Å². The first-order valence-electron chi connectivity index (χ1n) is 15.6. The molecule has 0 bridgehead atoms. The molecule has 4 aromatic rings. The molecule has 42 heavy (non-hydrogen) atoms. The highest BCUT2D eigenvalue weighted by Gasteiger charge is 2.22. The molecule has 2 aliphatic rings. The van der Waals surface area contributed by atoms with Gasteiger partial charge in [-0.1, -0.05) is 41.5 Å². The van der Waals surface area contributed by atoms with E-state index in [1.54, 1.807) is 12.7 Å². The molecule has 0 atom stereocenters. The third-order valence-electron chi connectivity index (χ3n) is 8.09. The van der Waals surface area contributed by atoms with E-state index in [1.165, 1.54) is 11.1 Å². The molecule has 2 aliphatic heterocycles. The fraction of sp³-hybridized carbons (Fsp3) is 0.613. The summed E-state index contributed by atoms with van der Waals surface area (Å²) >= 11 is 0. The number of hydrogen-bond acceptors (Lipinski definition) is 9. The molecule has 0 unspecified atom stereocenters. The van der Waals surface area contributed by atoms with Crippen LogP contribution in [0.25, 0.3) is 22.1 Å². The van der Waals surface area contributed by atoms with Crippen LogP contribution in [-0.4, -0.2) is 79.9 Å². The van der Waals surface area contributed by atoms with Crippen LogP contribution in [0.5, 0.6) is 0 Å². The molecule has 6 rings (SSSR count). The molecule has 0 saturated carbocycles. The lowest BCUT2D eigenvalue weighted by Gasteiger charge is -2.26. The second-order valence-electron chi connectivity index (χ2n) is 11.4. The smallest absolute Gasteiger partial charge is 0.146 e. The average molecular weight is 579 g/mol. The van der Waals surface area contributed by atoms with Crippen molar-refractivity contribution in [1.82, 2.24) is 39.3 Å². The second kappa shape index (κ2) is 14.8. The van der Waals surface area contributed by atoms with Gasteiger partial charge in [-0.05, 0) is 48.9 Å². The number of hydrogen-bond donors (Lipinski definition) is 3. The number of nitrogens with zero attached hydrogens (tertiary/aromatic N) is 7. The quantitative estimate of drug-likeness (QED) is 0.301. The molecule has 2 saturated heterocycles. The number of nitrogens with two attached hydrogens (primary N) is 2. The first-order chi connectivity index (χ1) is 20.3. The molecule has 6 heterocycles. The monoisotopic (exact) mass is 578 g/mol. The third-order valence-corrected chi connectivity index (χ3v) is 8.09. The predicted octanol–water partition coefficient (Wildman–Crippen LogP) is 4.56. The van der Waals surface area contributed by atoms with Crippen molar-refractivity contribution in [2.75, 3.05) is 57.4 Å². The van der Waals surface area contributed by atoms with Crippen molar-refractivity contribution in [2.24, 2.45) is 0 Å². The maximum absolute atomic E-state index is 6.06. The van der Waals surface area contributed by atoms with Gasteiger partial charge in [0.15, 0.2) is 0 Å². The maximum atomic E-state index is 6.06. The molecule has 0 spiro atoms. The Morgan fingerprint density at radius 1 is 0.810 bits per heavy atom. The van der Waals surface area contributed by atoms with E-state index in [-0.39, 0.29) is 0 Å². The molecule has 0 amide bonds.